The lowest BCUT2D eigenvalue weighted by Crippen LogP contribution is -2.39. The molecule has 1 saturated carbocycles. The van der Waals surface area contributed by atoms with Gasteiger partial charge in [0.2, 0.25) is 0 Å². The molecule has 0 aliphatic heterocycles. The van der Waals surface area contributed by atoms with Gasteiger partial charge in [-0.3, -0.25) is 4.79 Å². The summed E-state index contributed by atoms with van der Waals surface area (Å²) in [5, 5.41) is 9.34. The van der Waals surface area contributed by atoms with Gasteiger partial charge in [0.25, 0.3) is 0 Å². The fourth-order valence-electron chi connectivity index (χ4n) is 2.43. The third-order valence-electron chi connectivity index (χ3n) is 4.01. The van der Waals surface area contributed by atoms with E-state index in [0.29, 0.717) is 12.8 Å². The lowest BCUT2D eigenvalue weighted by Gasteiger charge is -2.40. The van der Waals surface area contributed by atoms with Crippen LogP contribution in [0.5, 0.6) is 0 Å². The number of halogens is 3. The zero-order valence-electron chi connectivity index (χ0n) is 11.3. The SMILES string of the molecule is CC1(C)CCC(CCOCC(F)(F)F)(C(=O)O)CC1. The van der Waals surface area contributed by atoms with E-state index in [0.717, 1.165) is 12.8 Å². The predicted octanol–water partition coefficient (Wildman–Crippen LogP) is 3.63. The van der Waals surface area contributed by atoms with E-state index in [1.165, 1.54) is 0 Å². The Kier molecular flexibility index (Phi) is 4.87. The first-order valence-electron chi connectivity index (χ1n) is 6.44. The number of carboxylic acids is 1. The second-order valence-corrected chi connectivity index (χ2v) is 6.17. The van der Waals surface area contributed by atoms with Gasteiger partial charge in [0, 0.05) is 6.61 Å². The van der Waals surface area contributed by atoms with E-state index in [1.54, 1.807) is 0 Å². The van der Waals surface area contributed by atoms with E-state index in [2.05, 4.69) is 18.6 Å². The van der Waals surface area contributed by atoms with E-state index in [-0.39, 0.29) is 18.4 Å². The van der Waals surface area contributed by atoms with Crippen LogP contribution in [0, 0.1) is 10.8 Å². The molecule has 0 heterocycles. The van der Waals surface area contributed by atoms with Crippen molar-refractivity contribution in [1.29, 1.82) is 0 Å². The van der Waals surface area contributed by atoms with Crippen molar-refractivity contribution in [3.8, 4) is 0 Å². The number of hydrogen-bond donors (Lipinski definition) is 1. The molecule has 1 rings (SSSR count). The van der Waals surface area contributed by atoms with Gasteiger partial charge in [-0.25, -0.2) is 0 Å². The van der Waals surface area contributed by atoms with Gasteiger partial charge in [-0.1, -0.05) is 13.8 Å². The van der Waals surface area contributed by atoms with Gasteiger partial charge >= 0.3 is 12.1 Å². The maximum atomic E-state index is 11.9. The van der Waals surface area contributed by atoms with Crippen molar-refractivity contribution < 1.29 is 27.8 Å². The van der Waals surface area contributed by atoms with Crippen LogP contribution in [0.25, 0.3) is 0 Å². The Bertz CT molecular complexity index is 314. The summed E-state index contributed by atoms with van der Waals surface area (Å²) in [4.78, 5) is 11.4. The highest BCUT2D eigenvalue weighted by molar-refractivity contribution is 5.74. The molecule has 1 fully saturated rings. The number of carbonyl (C=O) groups is 1. The molecule has 0 aromatic heterocycles. The summed E-state index contributed by atoms with van der Waals surface area (Å²) in [5.41, 5.74) is -0.799. The molecule has 1 aliphatic carbocycles. The Morgan fingerprint density at radius 3 is 2.16 bits per heavy atom. The van der Waals surface area contributed by atoms with Crippen molar-refractivity contribution in [2.24, 2.45) is 10.8 Å². The topological polar surface area (TPSA) is 46.5 Å². The van der Waals surface area contributed by atoms with E-state index in [1.807, 2.05) is 0 Å². The monoisotopic (exact) mass is 282 g/mol. The van der Waals surface area contributed by atoms with E-state index >= 15 is 0 Å². The highest BCUT2D eigenvalue weighted by atomic mass is 19.4. The standard InChI is InChI=1S/C13H21F3O3/c1-11(2)3-5-12(6-4-11,10(17)18)7-8-19-9-13(14,15)16/h3-9H2,1-2H3,(H,17,18). The Hall–Kier alpha value is -0.780. The summed E-state index contributed by atoms with van der Waals surface area (Å²) < 4.78 is 40.3. The zero-order valence-corrected chi connectivity index (χ0v) is 11.3. The van der Waals surface area contributed by atoms with Crippen LogP contribution in [0.2, 0.25) is 0 Å². The Morgan fingerprint density at radius 2 is 1.74 bits per heavy atom. The molecule has 0 aromatic rings. The van der Waals surface area contributed by atoms with Crippen LogP contribution in [0.15, 0.2) is 0 Å². The predicted molar refractivity (Wildman–Crippen MR) is 63.8 cm³/mol. The Morgan fingerprint density at radius 1 is 1.21 bits per heavy atom. The van der Waals surface area contributed by atoms with Gasteiger partial charge in [0.15, 0.2) is 0 Å². The summed E-state index contributed by atoms with van der Waals surface area (Å²) in [5.74, 6) is -0.918. The van der Waals surface area contributed by atoms with Crippen molar-refractivity contribution in [2.45, 2.75) is 52.1 Å². The molecule has 0 spiro atoms. The van der Waals surface area contributed by atoms with Crippen LogP contribution < -0.4 is 0 Å². The van der Waals surface area contributed by atoms with Crippen molar-refractivity contribution >= 4 is 5.97 Å². The molecule has 0 bridgehead atoms. The maximum Gasteiger partial charge on any atom is 0.411 e. The van der Waals surface area contributed by atoms with Crippen LogP contribution in [0.3, 0.4) is 0 Å². The molecule has 3 nitrogen and oxygen atoms in total. The van der Waals surface area contributed by atoms with Crippen molar-refractivity contribution in [3.63, 3.8) is 0 Å². The minimum atomic E-state index is -4.36. The van der Waals surface area contributed by atoms with Crippen molar-refractivity contribution in [1.82, 2.24) is 0 Å². The fourth-order valence-corrected chi connectivity index (χ4v) is 2.43. The average molecular weight is 282 g/mol. The smallest absolute Gasteiger partial charge is 0.411 e. The summed E-state index contributed by atoms with van der Waals surface area (Å²) in [7, 11) is 0. The Labute approximate surface area is 111 Å². The third-order valence-corrected chi connectivity index (χ3v) is 4.01. The number of alkyl halides is 3. The molecule has 0 radical (unpaired) electrons. The van der Waals surface area contributed by atoms with Crippen LogP contribution in [-0.2, 0) is 9.53 Å². The van der Waals surface area contributed by atoms with Crippen LogP contribution >= 0.6 is 0 Å². The van der Waals surface area contributed by atoms with Crippen LogP contribution in [-0.4, -0.2) is 30.5 Å². The quantitative estimate of drug-likeness (QED) is 0.783. The van der Waals surface area contributed by atoms with Crippen molar-refractivity contribution in [3.05, 3.63) is 0 Å². The number of carboxylic acid groups (broad SMARTS) is 1. The molecule has 1 N–H and O–H groups in total. The number of hydrogen-bond acceptors (Lipinski definition) is 2. The summed E-state index contributed by atoms with van der Waals surface area (Å²) in [6.45, 7) is 2.69. The van der Waals surface area contributed by atoms with Gasteiger partial charge in [-0.05, 0) is 37.5 Å². The first-order valence-corrected chi connectivity index (χ1v) is 6.44. The molecule has 0 atom stereocenters. The van der Waals surface area contributed by atoms with Gasteiger partial charge in [-0.15, -0.1) is 0 Å². The molecule has 1 aliphatic rings. The molecule has 0 amide bonds. The summed E-state index contributed by atoms with van der Waals surface area (Å²) in [6, 6.07) is 0. The van der Waals surface area contributed by atoms with Crippen LogP contribution in [0.4, 0.5) is 13.2 Å². The minimum Gasteiger partial charge on any atom is -0.481 e. The largest absolute Gasteiger partial charge is 0.481 e. The summed E-state index contributed by atoms with van der Waals surface area (Å²) >= 11 is 0. The van der Waals surface area contributed by atoms with Crippen LogP contribution in [0.1, 0.15) is 46.0 Å². The van der Waals surface area contributed by atoms with Gasteiger partial charge < -0.3 is 9.84 Å². The highest BCUT2D eigenvalue weighted by Crippen LogP contribution is 2.47. The van der Waals surface area contributed by atoms with E-state index in [4.69, 9.17) is 0 Å². The molecular weight excluding hydrogens is 261 g/mol. The lowest BCUT2D eigenvalue weighted by molar-refractivity contribution is -0.177. The molecule has 0 unspecified atom stereocenters. The van der Waals surface area contributed by atoms with E-state index < -0.39 is 24.2 Å². The highest BCUT2D eigenvalue weighted by Gasteiger charge is 2.43. The molecule has 0 saturated heterocycles. The molecule has 19 heavy (non-hydrogen) atoms. The molecule has 0 aromatic carbocycles. The zero-order chi connectivity index (χ0) is 14.7. The molecular formula is C13H21F3O3. The molecule has 112 valence electrons. The third kappa shape index (κ3) is 5.01. The minimum absolute atomic E-state index is 0.117. The first kappa shape index (κ1) is 16.3. The summed E-state index contributed by atoms with van der Waals surface area (Å²) in [6.07, 6.45) is -1.65. The van der Waals surface area contributed by atoms with Crippen molar-refractivity contribution in [2.75, 3.05) is 13.2 Å². The fraction of sp³-hybridized carbons (Fsp3) is 0.923. The van der Waals surface area contributed by atoms with Gasteiger partial charge in [-0.2, -0.15) is 13.2 Å². The normalized spacial score (nSPS) is 22.2. The first-order chi connectivity index (χ1) is 8.56. The van der Waals surface area contributed by atoms with Gasteiger partial charge in [0.1, 0.15) is 6.61 Å². The lowest BCUT2D eigenvalue weighted by atomic mass is 9.64. The maximum absolute atomic E-state index is 11.9. The van der Waals surface area contributed by atoms with Gasteiger partial charge in [0.05, 0.1) is 5.41 Å². The second-order valence-electron chi connectivity index (χ2n) is 6.17. The van der Waals surface area contributed by atoms with E-state index in [9.17, 15) is 23.1 Å². The Balaban J connectivity index is 2.48. The number of ether oxygens (including phenoxy) is 1. The number of rotatable bonds is 5. The molecule has 6 heteroatoms. The average Bonchev–Trinajstić information content (AvgIpc) is 2.25. The number of aliphatic carboxylic acids is 1. The second kappa shape index (κ2) is 5.69.